The fourth-order valence-corrected chi connectivity index (χ4v) is 0. The largest absolute Gasteiger partial charge is 0 e. The van der Waals surface area contributed by atoms with Crippen LogP contribution in [-0.4, -0.2) is 0 Å². The summed E-state index contributed by atoms with van der Waals surface area (Å²) in [5.74, 6) is 0. The van der Waals surface area contributed by atoms with Crippen LogP contribution in [0.4, 0.5) is 0 Å². The van der Waals surface area contributed by atoms with Crippen LogP contribution in [0.15, 0.2) is 0 Å². The van der Waals surface area contributed by atoms with Crippen molar-refractivity contribution in [1.82, 2.24) is 0 Å². The smallest absolute Gasteiger partial charge is 0 e. The molecule has 0 aliphatic rings. The van der Waals surface area contributed by atoms with Crippen molar-refractivity contribution in [2.75, 3.05) is 0 Å². The van der Waals surface area contributed by atoms with Gasteiger partial charge in [0.1, 0.15) is 0 Å². The summed E-state index contributed by atoms with van der Waals surface area (Å²) in [5.41, 5.74) is 0. The van der Waals surface area contributed by atoms with Gasteiger partial charge >= 0.3 is 0 Å². The zero-order valence-electron chi connectivity index (χ0n) is 1.66. The third-order valence-corrected chi connectivity index (χ3v) is 0. The van der Waals surface area contributed by atoms with E-state index in [1.54, 1.807) is 0 Å². The number of rotatable bonds is 0. The van der Waals surface area contributed by atoms with Crippen molar-refractivity contribution in [3.63, 3.8) is 0 Å². The van der Waals surface area contributed by atoms with Gasteiger partial charge in [-0.2, -0.15) is 0 Å². The topological polar surface area (TPSA) is 0 Å². The van der Waals surface area contributed by atoms with Crippen molar-refractivity contribution in [2.24, 2.45) is 0 Å². The average Bonchev–Trinajstić information content (AvgIpc) is 0. The Kier molecular flexibility index (Phi) is 308. The van der Waals surface area contributed by atoms with Crippen molar-refractivity contribution < 1.29 is 84.5 Å². The molecule has 5 heteroatoms. The van der Waals surface area contributed by atoms with Gasteiger partial charge in [-0.05, 0) is 0 Å². The molecule has 0 aliphatic heterocycles. The molecule has 0 aromatic heterocycles. The van der Waals surface area contributed by atoms with Crippen LogP contribution in [0.3, 0.4) is 0 Å². The van der Waals surface area contributed by atoms with Crippen molar-refractivity contribution >= 4 is 0 Å². The minimum absolute atomic E-state index is 0. The Labute approximate surface area is 83.5 Å². The van der Waals surface area contributed by atoms with Gasteiger partial charge in [0.05, 0.1) is 0 Å². The van der Waals surface area contributed by atoms with Crippen LogP contribution >= 0.6 is 0 Å². The molecule has 0 aliphatic carbocycles. The molecule has 0 amide bonds. The molecule has 0 aromatic carbocycles. The normalized spacial score (nSPS) is 0. The summed E-state index contributed by atoms with van der Waals surface area (Å²) in [4.78, 5) is 0. The SMILES string of the molecule is [Co].[Cu].[Fe].[Fe].[Ni]. The van der Waals surface area contributed by atoms with Gasteiger partial charge in [0.2, 0.25) is 0 Å². The van der Waals surface area contributed by atoms with Gasteiger partial charge in [0.15, 0.2) is 0 Å². The van der Waals surface area contributed by atoms with E-state index in [0.717, 1.165) is 0 Å². The third-order valence-electron chi connectivity index (χ3n) is 0. The molecular formula is CoCuFe2Ni. The average molecular weight is 293 g/mol. The van der Waals surface area contributed by atoms with Gasteiger partial charge in [0, 0.05) is 84.5 Å². The van der Waals surface area contributed by atoms with E-state index in [-0.39, 0.29) is 84.5 Å². The Morgan fingerprint density at radius 1 is 0.800 bits per heavy atom. The van der Waals surface area contributed by atoms with Crippen LogP contribution in [-0.2, 0) is 84.5 Å². The van der Waals surface area contributed by atoms with E-state index in [1.165, 1.54) is 0 Å². The zero-order valence-corrected chi connectivity index (χ0v) is 6.84. The first-order valence-corrected chi connectivity index (χ1v) is 0. The number of hydrogen-bond donors (Lipinski definition) is 0. The van der Waals surface area contributed by atoms with Crippen LogP contribution in [0.5, 0.6) is 0 Å². The van der Waals surface area contributed by atoms with Crippen molar-refractivity contribution in [3.05, 3.63) is 0 Å². The van der Waals surface area contributed by atoms with Gasteiger partial charge < -0.3 is 0 Å². The maximum Gasteiger partial charge on any atom is 0 e. The fraction of sp³-hybridized carbons (Fsp3) is 0. The predicted molar refractivity (Wildman–Crippen MR) is 0 cm³/mol. The third kappa shape index (κ3) is 20.8. The quantitative estimate of drug-likeness (QED) is 0.551. The first-order chi connectivity index (χ1) is 0. The first-order valence-electron chi connectivity index (χ1n) is 0. The van der Waals surface area contributed by atoms with Crippen LogP contribution in [0.1, 0.15) is 0 Å². The summed E-state index contributed by atoms with van der Waals surface area (Å²) < 4.78 is 0. The molecule has 0 unspecified atom stereocenters. The molecule has 0 bridgehead atoms. The maximum atomic E-state index is 0. The number of hydrogen-bond acceptors (Lipinski definition) is 0. The molecule has 0 heterocycles. The standard InChI is InChI=1S/Co.Cu.2Fe.Ni. The Hall–Kier alpha value is 2.56. The van der Waals surface area contributed by atoms with E-state index in [2.05, 4.69) is 0 Å². The minimum atomic E-state index is 0. The van der Waals surface area contributed by atoms with Crippen LogP contribution < -0.4 is 0 Å². The molecule has 0 N–H and O–H groups in total. The van der Waals surface area contributed by atoms with Crippen molar-refractivity contribution in [3.8, 4) is 0 Å². The van der Waals surface area contributed by atoms with Gasteiger partial charge in [-0.1, -0.05) is 0 Å². The second-order valence-electron chi connectivity index (χ2n) is 0. The van der Waals surface area contributed by atoms with Crippen LogP contribution in [0.2, 0.25) is 0 Å². The summed E-state index contributed by atoms with van der Waals surface area (Å²) in [6, 6.07) is 0. The van der Waals surface area contributed by atoms with Gasteiger partial charge in [-0.15, -0.1) is 0 Å². The molecule has 0 spiro atoms. The molecule has 0 aromatic rings. The van der Waals surface area contributed by atoms with E-state index in [4.69, 9.17) is 0 Å². The van der Waals surface area contributed by atoms with E-state index >= 15 is 0 Å². The summed E-state index contributed by atoms with van der Waals surface area (Å²) in [6.45, 7) is 0. The molecule has 2 radical (unpaired) electrons. The van der Waals surface area contributed by atoms with Gasteiger partial charge in [-0.3, -0.25) is 0 Å². The van der Waals surface area contributed by atoms with Crippen molar-refractivity contribution in [1.29, 1.82) is 0 Å². The van der Waals surface area contributed by atoms with E-state index < -0.39 is 0 Å². The molecular weight excluding hydrogens is 293 g/mol. The summed E-state index contributed by atoms with van der Waals surface area (Å²) >= 11 is 0. The molecule has 0 fully saturated rings. The summed E-state index contributed by atoms with van der Waals surface area (Å²) in [7, 11) is 0. The summed E-state index contributed by atoms with van der Waals surface area (Å²) in [5, 5.41) is 0. The molecule has 5 heavy (non-hydrogen) atoms. The Morgan fingerprint density at radius 2 is 0.800 bits per heavy atom. The Bertz CT molecular complexity index is 9.61. The molecule has 0 saturated carbocycles. The molecule has 0 saturated heterocycles. The van der Waals surface area contributed by atoms with E-state index in [9.17, 15) is 0 Å². The molecule has 46 valence electrons. The zero-order chi connectivity index (χ0) is 0. The second-order valence-corrected chi connectivity index (χ2v) is 0. The van der Waals surface area contributed by atoms with Gasteiger partial charge in [0.25, 0.3) is 0 Å². The Morgan fingerprint density at radius 3 is 0.800 bits per heavy atom. The van der Waals surface area contributed by atoms with Crippen molar-refractivity contribution in [2.45, 2.75) is 0 Å². The van der Waals surface area contributed by atoms with E-state index in [0.29, 0.717) is 0 Å². The molecule has 0 rings (SSSR count). The molecule has 0 nitrogen and oxygen atoms in total. The maximum absolute atomic E-state index is 0. The van der Waals surface area contributed by atoms with Crippen LogP contribution in [0.25, 0.3) is 0 Å². The summed E-state index contributed by atoms with van der Waals surface area (Å²) in [6.07, 6.45) is 0. The van der Waals surface area contributed by atoms with E-state index in [1.807, 2.05) is 0 Å². The predicted octanol–water partition coefficient (Wildman–Crippen LogP) is -0.0125. The minimum Gasteiger partial charge on any atom is 0 e. The van der Waals surface area contributed by atoms with Crippen LogP contribution in [0, 0.1) is 0 Å². The second kappa shape index (κ2) is 31.0. The van der Waals surface area contributed by atoms with Gasteiger partial charge in [-0.25, -0.2) is 0 Å². The first kappa shape index (κ1) is 49.7. The fourth-order valence-electron chi connectivity index (χ4n) is 0. The Balaban J connectivity index is 0. The molecule has 0 atom stereocenters. The monoisotopic (exact) mass is 292 g/mol.